The summed E-state index contributed by atoms with van der Waals surface area (Å²) in [6.07, 6.45) is 0.951. The van der Waals surface area contributed by atoms with Gasteiger partial charge in [0, 0.05) is 22.2 Å². The summed E-state index contributed by atoms with van der Waals surface area (Å²) in [4.78, 5) is 25.1. The predicted octanol–water partition coefficient (Wildman–Crippen LogP) is 5.67. The molecule has 32 heavy (non-hydrogen) atoms. The number of methoxy groups -OCH3 is 2. The smallest absolute Gasteiger partial charge is 0.315 e. The Balaban J connectivity index is 2.12. The molecule has 3 aromatic carbocycles. The number of carbonyl (C=O) groups excluding carboxylic acids is 2. The van der Waals surface area contributed by atoms with E-state index < -0.39 is 11.9 Å². The number of carbonyl (C=O) groups is 2. The maximum absolute atomic E-state index is 12.8. The lowest BCUT2D eigenvalue weighted by Crippen LogP contribution is -2.14. The van der Waals surface area contributed by atoms with E-state index in [1.807, 2.05) is 38.1 Å². The normalized spacial score (nSPS) is 10.7. The molecule has 0 fully saturated rings. The summed E-state index contributed by atoms with van der Waals surface area (Å²) in [5, 5.41) is 1.40. The Hall–Kier alpha value is -3.25. The molecule has 0 saturated heterocycles. The molecule has 0 amide bonds. The first-order valence-electron chi connectivity index (χ1n) is 10.2. The van der Waals surface area contributed by atoms with E-state index >= 15 is 0 Å². The Labute approximate surface area is 192 Å². The quantitative estimate of drug-likeness (QED) is 0.321. The largest absolute Gasteiger partial charge is 0.490 e. The molecule has 0 aliphatic carbocycles. The second-order valence-corrected chi connectivity index (χ2v) is 7.65. The molecule has 6 nitrogen and oxygen atoms in total. The first-order chi connectivity index (χ1) is 15.4. The van der Waals surface area contributed by atoms with E-state index in [1.165, 1.54) is 14.2 Å². The van der Waals surface area contributed by atoms with Crippen molar-refractivity contribution in [3.05, 3.63) is 58.6 Å². The van der Waals surface area contributed by atoms with Crippen LogP contribution < -0.4 is 18.9 Å². The number of fused-ring (bicyclic) bond motifs is 1. The highest BCUT2D eigenvalue weighted by molar-refractivity contribution is 6.31. The first-order valence-corrected chi connectivity index (χ1v) is 10.6. The van der Waals surface area contributed by atoms with E-state index in [1.54, 1.807) is 18.2 Å². The van der Waals surface area contributed by atoms with Crippen molar-refractivity contribution in [1.29, 1.82) is 0 Å². The number of aryl methyl sites for hydroxylation is 1. The standard InChI is InChI=1S/C25H25ClO6/c1-5-8-20(27)31-23-19-14-17(26)11-12-18(19)22(24(29-3)25(23)30-4)32-21(28)13-16-10-7-6-9-15(16)2/h6-7,9-12,14H,5,8,13H2,1-4H3. The van der Waals surface area contributed by atoms with Gasteiger partial charge in [0.2, 0.25) is 11.5 Å². The lowest BCUT2D eigenvalue weighted by atomic mass is 10.1. The molecule has 0 spiro atoms. The summed E-state index contributed by atoms with van der Waals surface area (Å²) in [6, 6.07) is 12.6. The van der Waals surface area contributed by atoms with Crippen LogP contribution in [-0.4, -0.2) is 26.2 Å². The summed E-state index contributed by atoms with van der Waals surface area (Å²) >= 11 is 6.22. The zero-order valence-electron chi connectivity index (χ0n) is 18.5. The molecule has 3 aromatic rings. The van der Waals surface area contributed by atoms with Crippen LogP contribution in [-0.2, 0) is 16.0 Å². The minimum absolute atomic E-state index is 0.0838. The Kier molecular flexibility index (Phi) is 7.59. The van der Waals surface area contributed by atoms with Gasteiger partial charge in [0.1, 0.15) is 0 Å². The van der Waals surface area contributed by atoms with Crippen molar-refractivity contribution in [3.63, 3.8) is 0 Å². The summed E-state index contributed by atoms with van der Waals surface area (Å²) in [6.45, 7) is 3.81. The van der Waals surface area contributed by atoms with Crippen LogP contribution in [0.4, 0.5) is 0 Å². The fraction of sp³-hybridized carbons (Fsp3) is 0.280. The van der Waals surface area contributed by atoms with Crippen molar-refractivity contribution in [1.82, 2.24) is 0 Å². The average Bonchev–Trinajstić information content (AvgIpc) is 2.76. The molecule has 0 bridgehead atoms. The molecule has 0 atom stereocenters. The number of benzene rings is 3. The highest BCUT2D eigenvalue weighted by atomic mass is 35.5. The summed E-state index contributed by atoms with van der Waals surface area (Å²) in [5.41, 5.74) is 1.85. The zero-order valence-corrected chi connectivity index (χ0v) is 19.2. The summed E-state index contributed by atoms with van der Waals surface area (Å²) < 4.78 is 22.4. The van der Waals surface area contributed by atoms with Gasteiger partial charge in [-0.25, -0.2) is 0 Å². The van der Waals surface area contributed by atoms with Crippen LogP contribution in [0.2, 0.25) is 5.02 Å². The molecule has 0 heterocycles. The minimum Gasteiger partial charge on any atom is -0.490 e. The molecule has 3 rings (SSSR count). The van der Waals surface area contributed by atoms with Gasteiger partial charge in [0.25, 0.3) is 0 Å². The predicted molar refractivity (Wildman–Crippen MR) is 123 cm³/mol. The molecule has 0 aromatic heterocycles. The van der Waals surface area contributed by atoms with E-state index in [9.17, 15) is 9.59 Å². The van der Waals surface area contributed by atoms with Gasteiger partial charge in [0.05, 0.1) is 20.6 Å². The van der Waals surface area contributed by atoms with Crippen LogP contribution in [0.5, 0.6) is 23.0 Å². The van der Waals surface area contributed by atoms with Crippen molar-refractivity contribution in [2.24, 2.45) is 0 Å². The third-order valence-electron chi connectivity index (χ3n) is 4.98. The van der Waals surface area contributed by atoms with E-state index in [-0.39, 0.29) is 35.8 Å². The SMILES string of the molecule is CCCC(=O)Oc1c(OC)c(OC)c(OC(=O)Cc2ccccc2C)c2ccc(Cl)cc12. The van der Waals surface area contributed by atoms with Gasteiger partial charge in [-0.15, -0.1) is 0 Å². The minimum atomic E-state index is -0.466. The number of rotatable bonds is 8. The lowest BCUT2D eigenvalue weighted by molar-refractivity contribution is -0.135. The molecule has 0 aliphatic rings. The van der Waals surface area contributed by atoms with Gasteiger partial charge in [-0.1, -0.05) is 42.8 Å². The van der Waals surface area contributed by atoms with Gasteiger partial charge in [-0.2, -0.15) is 0 Å². The lowest BCUT2D eigenvalue weighted by Gasteiger charge is -2.19. The molecular weight excluding hydrogens is 432 g/mol. The second kappa shape index (κ2) is 10.4. The number of hydrogen-bond donors (Lipinski definition) is 0. The Morgan fingerprint density at radius 2 is 1.47 bits per heavy atom. The number of halogens is 1. The van der Waals surface area contributed by atoms with Crippen molar-refractivity contribution in [2.75, 3.05) is 14.2 Å². The van der Waals surface area contributed by atoms with Crippen LogP contribution in [0.15, 0.2) is 42.5 Å². The van der Waals surface area contributed by atoms with Crippen molar-refractivity contribution < 1.29 is 28.5 Å². The topological polar surface area (TPSA) is 71.1 Å². The maximum atomic E-state index is 12.8. The summed E-state index contributed by atoms with van der Waals surface area (Å²) in [5.74, 6) is -0.251. The van der Waals surface area contributed by atoms with Gasteiger partial charge in [-0.3, -0.25) is 9.59 Å². The third-order valence-corrected chi connectivity index (χ3v) is 5.21. The molecule has 7 heteroatoms. The molecule has 0 unspecified atom stereocenters. The molecular formula is C25H25ClO6. The number of ether oxygens (including phenoxy) is 4. The molecule has 0 saturated carbocycles. The zero-order chi connectivity index (χ0) is 23.3. The number of esters is 2. The Morgan fingerprint density at radius 3 is 2.09 bits per heavy atom. The average molecular weight is 457 g/mol. The highest BCUT2D eigenvalue weighted by Crippen LogP contribution is 2.51. The van der Waals surface area contributed by atoms with Crippen LogP contribution >= 0.6 is 11.6 Å². The van der Waals surface area contributed by atoms with Crippen molar-refractivity contribution in [3.8, 4) is 23.0 Å². The Bertz CT molecular complexity index is 1150. The maximum Gasteiger partial charge on any atom is 0.315 e. The van der Waals surface area contributed by atoms with Gasteiger partial charge < -0.3 is 18.9 Å². The van der Waals surface area contributed by atoms with Gasteiger partial charge in [0.15, 0.2) is 11.5 Å². The summed E-state index contributed by atoms with van der Waals surface area (Å²) in [7, 11) is 2.85. The number of hydrogen-bond acceptors (Lipinski definition) is 6. The van der Waals surface area contributed by atoms with Crippen molar-refractivity contribution >= 4 is 34.3 Å². The first kappa shape index (κ1) is 23.4. The van der Waals surface area contributed by atoms with Crippen LogP contribution in [0.1, 0.15) is 30.9 Å². The second-order valence-electron chi connectivity index (χ2n) is 7.22. The van der Waals surface area contributed by atoms with Gasteiger partial charge in [-0.05, 0) is 42.7 Å². The van der Waals surface area contributed by atoms with Crippen LogP contribution in [0.25, 0.3) is 10.8 Å². The molecule has 168 valence electrons. The monoisotopic (exact) mass is 456 g/mol. The van der Waals surface area contributed by atoms with E-state index in [0.29, 0.717) is 22.2 Å². The van der Waals surface area contributed by atoms with Crippen molar-refractivity contribution in [2.45, 2.75) is 33.1 Å². The molecule has 0 aliphatic heterocycles. The van der Waals surface area contributed by atoms with E-state index in [0.717, 1.165) is 11.1 Å². The third kappa shape index (κ3) is 4.97. The fourth-order valence-corrected chi connectivity index (χ4v) is 3.58. The molecule has 0 radical (unpaired) electrons. The van der Waals surface area contributed by atoms with Crippen LogP contribution in [0, 0.1) is 6.92 Å². The van der Waals surface area contributed by atoms with Gasteiger partial charge >= 0.3 is 11.9 Å². The highest BCUT2D eigenvalue weighted by Gasteiger charge is 2.27. The van der Waals surface area contributed by atoms with E-state index in [2.05, 4.69) is 0 Å². The van der Waals surface area contributed by atoms with E-state index in [4.69, 9.17) is 30.5 Å². The van der Waals surface area contributed by atoms with Crippen LogP contribution in [0.3, 0.4) is 0 Å². The molecule has 0 N–H and O–H groups in total. The Morgan fingerprint density at radius 1 is 0.844 bits per heavy atom. The fourth-order valence-electron chi connectivity index (χ4n) is 3.41.